The van der Waals surface area contributed by atoms with Crippen molar-refractivity contribution >= 4 is 5.91 Å². The van der Waals surface area contributed by atoms with E-state index < -0.39 is 0 Å². The lowest BCUT2D eigenvalue weighted by Crippen LogP contribution is -2.34. The van der Waals surface area contributed by atoms with Crippen molar-refractivity contribution in [3.63, 3.8) is 0 Å². The molecule has 1 saturated heterocycles. The third-order valence-electron chi connectivity index (χ3n) is 4.08. The standard InChI is InChI=1S/C14H24N4O/c1-4-17(3)14(19)11(2)18-10-16-9-13(18)12-5-7-15-8-6-12/h9-12,15H,4-8H2,1-3H3. The molecule has 1 fully saturated rings. The van der Waals surface area contributed by atoms with Crippen molar-refractivity contribution in [2.75, 3.05) is 26.7 Å². The molecule has 0 aromatic carbocycles. The molecule has 2 heterocycles. The monoisotopic (exact) mass is 264 g/mol. The Hall–Kier alpha value is -1.36. The van der Waals surface area contributed by atoms with Crippen LogP contribution in [0, 0.1) is 0 Å². The highest BCUT2D eigenvalue weighted by Crippen LogP contribution is 2.27. The molecule has 1 aromatic rings. The van der Waals surface area contributed by atoms with Crippen LogP contribution in [0.2, 0.25) is 0 Å². The van der Waals surface area contributed by atoms with Crippen molar-refractivity contribution in [2.45, 2.75) is 38.6 Å². The molecule has 2 rings (SSSR count). The molecule has 1 unspecified atom stereocenters. The third-order valence-corrected chi connectivity index (χ3v) is 4.08. The predicted molar refractivity (Wildman–Crippen MR) is 75.1 cm³/mol. The van der Waals surface area contributed by atoms with Crippen molar-refractivity contribution in [1.29, 1.82) is 0 Å². The van der Waals surface area contributed by atoms with E-state index in [0.717, 1.165) is 32.5 Å². The van der Waals surface area contributed by atoms with E-state index >= 15 is 0 Å². The van der Waals surface area contributed by atoms with Gasteiger partial charge in [-0.2, -0.15) is 0 Å². The molecular formula is C14H24N4O. The van der Waals surface area contributed by atoms with Gasteiger partial charge in [-0.1, -0.05) is 0 Å². The summed E-state index contributed by atoms with van der Waals surface area (Å²) in [6, 6.07) is -0.169. The Bertz CT molecular complexity index is 423. The van der Waals surface area contributed by atoms with Gasteiger partial charge in [0.15, 0.2) is 0 Å². The lowest BCUT2D eigenvalue weighted by Gasteiger charge is -2.27. The molecule has 1 N–H and O–H groups in total. The van der Waals surface area contributed by atoms with Gasteiger partial charge in [-0.05, 0) is 39.8 Å². The minimum Gasteiger partial charge on any atom is -0.344 e. The predicted octanol–water partition coefficient (Wildman–Crippen LogP) is 1.39. The Morgan fingerprint density at radius 3 is 2.89 bits per heavy atom. The van der Waals surface area contributed by atoms with Crippen molar-refractivity contribution in [3.8, 4) is 0 Å². The highest BCUT2D eigenvalue weighted by molar-refractivity contribution is 5.79. The minimum absolute atomic E-state index is 0.149. The van der Waals surface area contributed by atoms with Crippen LogP contribution in [-0.4, -0.2) is 47.0 Å². The largest absolute Gasteiger partial charge is 0.344 e. The number of rotatable bonds is 4. The van der Waals surface area contributed by atoms with Crippen LogP contribution in [0.5, 0.6) is 0 Å². The van der Waals surface area contributed by atoms with E-state index in [0.29, 0.717) is 5.92 Å². The first-order valence-corrected chi connectivity index (χ1v) is 7.12. The van der Waals surface area contributed by atoms with Gasteiger partial charge in [0.1, 0.15) is 6.04 Å². The highest BCUT2D eigenvalue weighted by atomic mass is 16.2. The number of carbonyl (C=O) groups is 1. The maximum absolute atomic E-state index is 12.3. The van der Waals surface area contributed by atoms with Gasteiger partial charge >= 0.3 is 0 Å². The highest BCUT2D eigenvalue weighted by Gasteiger charge is 2.24. The first-order chi connectivity index (χ1) is 9.15. The number of aromatic nitrogens is 2. The lowest BCUT2D eigenvalue weighted by molar-refractivity contribution is -0.132. The second kappa shape index (κ2) is 6.19. The first kappa shape index (κ1) is 14.1. The van der Waals surface area contributed by atoms with Gasteiger partial charge in [-0.25, -0.2) is 4.98 Å². The van der Waals surface area contributed by atoms with E-state index in [4.69, 9.17) is 0 Å². The quantitative estimate of drug-likeness (QED) is 0.894. The molecule has 0 bridgehead atoms. The van der Waals surface area contributed by atoms with Gasteiger partial charge in [0, 0.05) is 31.4 Å². The molecule has 19 heavy (non-hydrogen) atoms. The normalized spacial score (nSPS) is 18.3. The molecule has 0 radical (unpaired) electrons. The van der Waals surface area contributed by atoms with Gasteiger partial charge in [-0.3, -0.25) is 4.79 Å². The average Bonchev–Trinajstić information content (AvgIpc) is 2.95. The third kappa shape index (κ3) is 2.97. The molecule has 0 saturated carbocycles. The Morgan fingerprint density at radius 2 is 2.26 bits per heavy atom. The molecular weight excluding hydrogens is 240 g/mol. The summed E-state index contributed by atoms with van der Waals surface area (Å²) in [6.45, 7) is 6.79. The minimum atomic E-state index is -0.169. The van der Waals surface area contributed by atoms with Gasteiger partial charge in [0.05, 0.1) is 6.33 Å². The van der Waals surface area contributed by atoms with E-state index in [-0.39, 0.29) is 11.9 Å². The van der Waals surface area contributed by atoms with Gasteiger partial charge in [0.25, 0.3) is 0 Å². The van der Waals surface area contributed by atoms with Crippen LogP contribution < -0.4 is 5.32 Å². The summed E-state index contributed by atoms with van der Waals surface area (Å²) in [4.78, 5) is 18.3. The maximum atomic E-state index is 12.3. The zero-order chi connectivity index (χ0) is 13.8. The van der Waals surface area contributed by atoms with Gasteiger partial charge in [-0.15, -0.1) is 0 Å². The van der Waals surface area contributed by atoms with E-state index in [1.54, 1.807) is 11.2 Å². The van der Waals surface area contributed by atoms with Gasteiger partial charge in [0.2, 0.25) is 5.91 Å². The molecule has 1 aliphatic heterocycles. The lowest BCUT2D eigenvalue weighted by atomic mass is 9.94. The van der Waals surface area contributed by atoms with Crippen LogP contribution in [-0.2, 0) is 4.79 Å². The number of piperidine rings is 1. The molecule has 5 heteroatoms. The first-order valence-electron chi connectivity index (χ1n) is 7.12. The number of nitrogens with zero attached hydrogens (tertiary/aromatic N) is 3. The van der Waals surface area contributed by atoms with Gasteiger partial charge < -0.3 is 14.8 Å². The summed E-state index contributed by atoms with van der Waals surface area (Å²) >= 11 is 0. The molecule has 1 atom stereocenters. The number of carbonyl (C=O) groups excluding carboxylic acids is 1. The molecule has 0 spiro atoms. The number of imidazole rings is 1. The van der Waals surface area contributed by atoms with Crippen LogP contribution in [0.25, 0.3) is 0 Å². The number of likely N-dealkylation sites (N-methyl/N-ethyl adjacent to an activating group) is 1. The molecule has 106 valence electrons. The van der Waals surface area contributed by atoms with E-state index in [2.05, 4.69) is 10.3 Å². The van der Waals surface area contributed by atoms with E-state index in [9.17, 15) is 4.79 Å². The van der Waals surface area contributed by atoms with E-state index in [1.807, 2.05) is 31.7 Å². The van der Waals surface area contributed by atoms with Crippen molar-refractivity contribution in [3.05, 3.63) is 18.2 Å². The van der Waals surface area contributed by atoms with Crippen LogP contribution in [0.3, 0.4) is 0 Å². The zero-order valence-corrected chi connectivity index (χ0v) is 12.1. The van der Waals surface area contributed by atoms with E-state index in [1.165, 1.54) is 5.69 Å². The second-order valence-corrected chi connectivity index (χ2v) is 5.28. The molecule has 1 aliphatic rings. The second-order valence-electron chi connectivity index (χ2n) is 5.28. The molecule has 5 nitrogen and oxygen atoms in total. The molecule has 1 amide bonds. The van der Waals surface area contributed by atoms with Crippen LogP contribution in [0.15, 0.2) is 12.5 Å². The summed E-state index contributed by atoms with van der Waals surface area (Å²) in [5, 5.41) is 3.37. The fourth-order valence-corrected chi connectivity index (χ4v) is 2.67. The van der Waals surface area contributed by atoms with Crippen LogP contribution >= 0.6 is 0 Å². The number of amides is 1. The number of hydrogen-bond donors (Lipinski definition) is 1. The topological polar surface area (TPSA) is 50.2 Å². The van der Waals surface area contributed by atoms with Crippen molar-refractivity contribution < 1.29 is 4.79 Å². The SMILES string of the molecule is CCN(C)C(=O)C(C)n1cncc1C1CCNCC1. The zero-order valence-electron chi connectivity index (χ0n) is 12.1. The molecule has 1 aromatic heterocycles. The van der Waals surface area contributed by atoms with Crippen LogP contribution in [0.4, 0.5) is 0 Å². The fourth-order valence-electron chi connectivity index (χ4n) is 2.67. The number of hydrogen-bond acceptors (Lipinski definition) is 3. The fraction of sp³-hybridized carbons (Fsp3) is 0.714. The number of nitrogens with one attached hydrogen (secondary N) is 1. The summed E-state index contributed by atoms with van der Waals surface area (Å²) in [5.41, 5.74) is 1.20. The Kier molecular flexibility index (Phi) is 4.58. The Balaban J connectivity index is 2.16. The maximum Gasteiger partial charge on any atom is 0.245 e. The smallest absolute Gasteiger partial charge is 0.245 e. The van der Waals surface area contributed by atoms with Crippen molar-refractivity contribution in [2.24, 2.45) is 0 Å². The van der Waals surface area contributed by atoms with Crippen LogP contribution in [0.1, 0.15) is 44.3 Å². The molecule has 0 aliphatic carbocycles. The summed E-state index contributed by atoms with van der Waals surface area (Å²) in [5.74, 6) is 0.668. The summed E-state index contributed by atoms with van der Waals surface area (Å²) in [6.07, 6.45) is 5.96. The summed E-state index contributed by atoms with van der Waals surface area (Å²) < 4.78 is 2.05. The average molecular weight is 264 g/mol. The Labute approximate surface area is 115 Å². The Morgan fingerprint density at radius 1 is 1.58 bits per heavy atom. The van der Waals surface area contributed by atoms with Crippen molar-refractivity contribution in [1.82, 2.24) is 19.8 Å². The summed E-state index contributed by atoms with van der Waals surface area (Å²) in [7, 11) is 1.85.